The summed E-state index contributed by atoms with van der Waals surface area (Å²) in [5, 5.41) is 6.18. The first-order chi connectivity index (χ1) is 17.0. The first kappa shape index (κ1) is 22.6. The molecular formula is C27H33N3O5. The van der Waals surface area contributed by atoms with Crippen LogP contribution in [-0.4, -0.2) is 59.1 Å². The van der Waals surface area contributed by atoms with E-state index in [1.165, 1.54) is 6.42 Å². The number of hydrogen-bond acceptors (Lipinski definition) is 5. The fourth-order valence-electron chi connectivity index (χ4n) is 6.51. The number of amides is 3. The number of rotatable bonds is 7. The average molecular weight is 480 g/mol. The molecule has 0 radical (unpaired) electrons. The average Bonchev–Trinajstić information content (AvgIpc) is 3.45. The third-order valence-electron chi connectivity index (χ3n) is 8.19. The van der Waals surface area contributed by atoms with Gasteiger partial charge in [-0.1, -0.05) is 31.4 Å². The lowest BCUT2D eigenvalue weighted by Gasteiger charge is -2.34. The van der Waals surface area contributed by atoms with Crippen molar-refractivity contribution in [2.45, 2.75) is 81.7 Å². The summed E-state index contributed by atoms with van der Waals surface area (Å²) >= 11 is 0. The van der Waals surface area contributed by atoms with E-state index >= 15 is 0 Å². The SMILES string of the molecule is CCOc1ccc(NC(=O)[C@@H]2[C@@H]3C=C[C@]4(O3)[C@@H]2C(=O)N(C2CC2)[C@H]4C(=O)NC2CCCCC2)cc1. The van der Waals surface area contributed by atoms with Crippen LogP contribution in [-0.2, 0) is 19.1 Å². The number of likely N-dealkylation sites (tertiary alicyclic amines) is 1. The van der Waals surface area contributed by atoms with Gasteiger partial charge in [-0.15, -0.1) is 0 Å². The maximum Gasteiger partial charge on any atom is 0.246 e. The first-order valence-corrected chi connectivity index (χ1v) is 13.1. The van der Waals surface area contributed by atoms with Crippen LogP contribution in [0.2, 0.25) is 0 Å². The Bertz CT molecular complexity index is 1050. The fourth-order valence-corrected chi connectivity index (χ4v) is 6.51. The van der Waals surface area contributed by atoms with Gasteiger partial charge in [-0.25, -0.2) is 0 Å². The van der Waals surface area contributed by atoms with Crippen molar-refractivity contribution in [3.8, 4) is 5.75 Å². The summed E-state index contributed by atoms with van der Waals surface area (Å²) in [5.41, 5.74) is -0.445. The summed E-state index contributed by atoms with van der Waals surface area (Å²) in [6, 6.07) is 6.66. The third-order valence-corrected chi connectivity index (χ3v) is 8.19. The summed E-state index contributed by atoms with van der Waals surface area (Å²) in [6.07, 6.45) is 10.4. The second kappa shape index (κ2) is 8.66. The van der Waals surface area contributed by atoms with E-state index in [0.29, 0.717) is 12.3 Å². The van der Waals surface area contributed by atoms with Crippen LogP contribution in [0.25, 0.3) is 0 Å². The highest BCUT2D eigenvalue weighted by atomic mass is 16.5. The number of nitrogens with zero attached hydrogens (tertiary/aromatic N) is 1. The van der Waals surface area contributed by atoms with Crippen molar-refractivity contribution in [3.05, 3.63) is 36.4 Å². The van der Waals surface area contributed by atoms with Crippen molar-refractivity contribution in [1.29, 1.82) is 0 Å². The minimum atomic E-state index is -1.08. The minimum absolute atomic E-state index is 0.0513. The van der Waals surface area contributed by atoms with Crippen molar-refractivity contribution < 1.29 is 23.9 Å². The van der Waals surface area contributed by atoms with Crippen molar-refractivity contribution in [2.24, 2.45) is 11.8 Å². The van der Waals surface area contributed by atoms with Crippen molar-refractivity contribution in [2.75, 3.05) is 11.9 Å². The Morgan fingerprint density at radius 2 is 1.83 bits per heavy atom. The van der Waals surface area contributed by atoms with E-state index in [-0.39, 0.29) is 29.8 Å². The molecule has 1 spiro atoms. The van der Waals surface area contributed by atoms with Crippen molar-refractivity contribution in [3.63, 3.8) is 0 Å². The van der Waals surface area contributed by atoms with Gasteiger partial charge in [0, 0.05) is 17.8 Å². The molecule has 1 aromatic carbocycles. The molecule has 2 N–H and O–H groups in total. The highest BCUT2D eigenvalue weighted by Gasteiger charge is 2.74. The molecule has 5 aliphatic rings. The highest BCUT2D eigenvalue weighted by Crippen LogP contribution is 2.57. The standard InChI is InChI=1S/C27H33N3O5/c1-2-34-19-12-8-17(9-13-19)28-24(31)21-20-14-15-27(35-20)22(21)26(33)30(18-10-11-18)23(27)25(32)29-16-6-4-3-5-7-16/h8-9,12-16,18,20-23H,2-7,10-11H2,1H3,(H,28,31)(H,29,32)/t20-,21+,22-,23-,27-/m0/s1. The lowest BCUT2D eigenvalue weighted by atomic mass is 9.74. The molecule has 2 saturated heterocycles. The molecule has 4 fully saturated rings. The van der Waals surface area contributed by atoms with E-state index in [2.05, 4.69) is 10.6 Å². The molecule has 3 aliphatic heterocycles. The van der Waals surface area contributed by atoms with E-state index < -0.39 is 29.6 Å². The summed E-state index contributed by atoms with van der Waals surface area (Å²) in [4.78, 5) is 42.6. The zero-order valence-electron chi connectivity index (χ0n) is 20.1. The van der Waals surface area contributed by atoms with Crippen molar-refractivity contribution >= 4 is 23.4 Å². The molecule has 2 aliphatic carbocycles. The molecule has 35 heavy (non-hydrogen) atoms. The Morgan fingerprint density at radius 3 is 2.51 bits per heavy atom. The van der Waals surface area contributed by atoms with E-state index in [0.717, 1.165) is 44.3 Å². The van der Waals surface area contributed by atoms with Crippen LogP contribution in [0, 0.1) is 11.8 Å². The smallest absolute Gasteiger partial charge is 0.246 e. The molecule has 6 rings (SSSR count). The molecule has 186 valence electrons. The van der Waals surface area contributed by atoms with Gasteiger partial charge >= 0.3 is 0 Å². The zero-order valence-corrected chi connectivity index (χ0v) is 20.1. The van der Waals surface area contributed by atoms with Gasteiger partial charge < -0.3 is 25.0 Å². The van der Waals surface area contributed by atoms with Gasteiger partial charge in [0.15, 0.2) is 0 Å². The van der Waals surface area contributed by atoms with Gasteiger partial charge in [0.25, 0.3) is 0 Å². The minimum Gasteiger partial charge on any atom is -0.494 e. The number of ether oxygens (including phenoxy) is 2. The van der Waals surface area contributed by atoms with Crippen LogP contribution in [0.3, 0.4) is 0 Å². The Balaban J connectivity index is 1.25. The van der Waals surface area contributed by atoms with E-state index in [4.69, 9.17) is 9.47 Å². The van der Waals surface area contributed by atoms with Crippen LogP contribution in [0.5, 0.6) is 5.75 Å². The molecule has 2 bridgehead atoms. The summed E-state index contributed by atoms with van der Waals surface area (Å²) < 4.78 is 11.9. The molecule has 8 nitrogen and oxygen atoms in total. The van der Waals surface area contributed by atoms with Crippen LogP contribution >= 0.6 is 0 Å². The predicted octanol–water partition coefficient (Wildman–Crippen LogP) is 2.79. The molecule has 2 saturated carbocycles. The van der Waals surface area contributed by atoms with Gasteiger partial charge in [0.2, 0.25) is 17.7 Å². The number of nitrogens with one attached hydrogen (secondary N) is 2. The monoisotopic (exact) mass is 479 g/mol. The number of anilines is 1. The van der Waals surface area contributed by atoms with Gasteiger partial charge in [-0.3, -0.25) is 14.4 Å². The van der Waals surface area contributed by atoms with E-state index in [1.54, 1.807) is 29.2 Å². The summed E-state index contributed by atoms with van der Waals surface area (Å²) in [7, 11) is 0. The topological polar surface area (TPSA) is 97.0 Å². The maximum atomic E-state index is 13.8. The number of hydrogen-bond donors (Lipinski definition) is 2. The van der Waals surface area contributed by atoms with Crippen molar-refractivity contribution in [1.82, 2.24) is 10.2 Å². The number of benzene rings is 1. The van der Waals surface area contributed by atoms with Gasteiger partial charge in [-0.05, 0) is 56.9 Å². The van der Waals surface area contributed by atoms with Crippen LogP contribution in [0.1, 0.15) is 51.9 Å². The highest BCUT2D eigenvalue weighted by molar-refractivity contribution is 6.03. The molecule has 0 unspecified atom stereocenters. The second-order valence-electron chi connectivity index (χ2n) is 10.5. The Hall–Kier alpha value is -2.87. The number of fused-ring (bicyclic) bond motifs is 1. The molecule has 3 amide bonds. The quantitative estimate of drug-likeness (QED) is 0.587. The Labute approximate surface area is 205 Å². The lowest BCUT2D eigenvalue weighted by molar-refractivity contribution is -0.142. The molecule has 3 heterocycles. The van der Waals surface area contributed by atoms with Gasteiger partial charge in [0.1, 0.15) is 17.4 Å². The van der Waals surface area contributed by atoms with Gasteiger partial charge in [0.05, 0.1) is 24.5 Å². The van der Waals surface area contributed by atoms with Crippen LogP contribution in [0.4, 0.5) is 5.69 Å². The predicted molar refractivity (Wildman–Crippen MR) is 129 cm³/mol. The van der Waals surface area contributed by atoms with Crippen LogP contribution in [0.15, 0.2) is 36.4 Å². The van der Waals surface area contributed by atoms with Crippen LogP contribution < -0.4 is 15.4 Å². The Kier molecular flexibility index (Phi) is 5.59. The van der Waals surface area contributed by atoms with Gasteiger partial charge in [-0.2, -0.15) is 0 Å². The number of carbonyl (C=O) groups is 3. The lowest BCUT2D eigenvalue weighted by Crippen LogP contribution is -2.57. The molecule has 8 heteroatoms. The third kappa shape index (κ3) is 3.73. The van der Waals surface area contributed by atoms with E-state index in [1.807, 2.05) is 19.1 Å². The molecule has 5 atom stereocenters. The normalized spacial score (nSPS) is 33.6. The number of carbonyl (C=O) groups excluding carboxylic acids is 3. The maximum absolute atomic E-state index is 13.8. The first-order valence-electron chi connectivity index (χ1n) is 13.1. The molecule has 0 aromatic heterocycles. The summed E-state index contributed by atoms with van der Waals surface area (Å²) in [6.45, 7) is 2.48. The largest absolute Gasteiger partial charge is 0.494 e. The Morgan fingerprint density at radius 1 is 1.09 bits per heavy atom. The zero-order chi connectivity index (χ0) is 24.2. The fraction of sp³-hybridized carbons (Fsp3) is 0.593. The summed E-state index contributed by atoms with van der Waals surface area (Å²) in [5.74, 6) is -1.16. The van der Waals surface area contributed by atoms with E-state index in [9.17, 15) is 14.4 Å². The molecular weight excluding hydrogens is 446 g/mol. The molecule has 1 aromatic rings. The second-order valence-corrected chi connectivity index (χ2v) is 10.5.